The first-order valence-corrected chi connectivity index (χ1v) is 10.1. The zero-order valence-electron chi connectivity index (χ0n) is 16.9. The third-order valence-electron chi connectivity index (χ3n) is 5.28. The molecule has 0 aliphatic carbocycles. The van der Waals surface area contributed by atoms with Crippen molar-refractivity contribution in [1.29, 1.82) is 0 Å². The number of benzene rings is 2. The van der Waals surface area contributed by atoms with Crippen molar-refractivity contribution in [3.05, 3.63) is 95.3 Å². The van der Waals surface area contributed by atoms with Crippen molar-refractivity contribution in [1.82, 2.24) is 4.40 Å². The molecule has 0 atom stereocenters. The molecule has 0 amide bonds. The molecule has 3 nitrogen and oxygen atoms in total. The quantitative estimate of drug-likeness (QED) is 0.353. The number of hydrogen-bond acceptors (Lipinski definition) is 2. The predicted octanol–water partition coefficient (Wildman–Crippen LogP) is 6.26. The van der Waals surface area contributed by atoms with Crippen molar-refractivity contribution >= 4 is 11.8 Å². The second kappa shape index (κ2) is 8.36. The van der Waals surface area contributed by atoms with Crippen LogP contribution in [0.15, 0.2) is 72.9 Å². The van der Waals surface area contributed by atoms with E-state index in [1.165, 1.54) is 5.56 Å². The highest BCUT2D eigenvalue weighted by Crippen LogP contribution is 2.36. The van der Waals surface area contributed by atoms with Gasteiger partial charge in [0.15, 0.2) is 6.29 Å². The molecule has 29 heavy (non-hydrogen) atoms. The minimum Gasteiger partial charge on any atom is -0.488 e. The Bertz CT molecular complexity index is 1140. The molecule has 0 aliphatic rings. The fraction of sp³-hybridized carbons (Fsp3) is 0.192. The molecule has 4 rings (SSSR count). The van der Waals surface area contributed by atoms with Crippen molar-refractivity contribution in [2.75, 3.05) is 0 Å². The van der Waals surface area contributed by atoms with Crippen LogP contribution in [0.3, 0.4) is 0 Å². The van der Waals surface area contributed by atoms with E-state index in [2.05, 4.69) is 50.2 Å². The second-order valence-corrected chi connectivity index (χ2v) is 7.36. The van der Waals surface area contributed by atoms with Crippen LogP contribution in [0, 0.1) is 6.92 Å². The largest absolute Gasteiger partial charge is 0.488 e. The summed E-state index contributed by atoms with van der Waals surface area (Å²) in [6, 6.07) is 22.6. The smallest absolute Gasteiger partial charge is 0.167 e. The lowest BCUT2D eigenvalue weighted by Crippen LogP contribution is -1.99. The first-order chi connectivity index (χ1) is 14.2. The Balaban J connectivity index is 1.82. The monoisotopic (exact) mass is 383 g/mol. The summed E-state index contributed by atoms with van der Waals surface area (Å²) in [6.07, 6.45) is 4.95. The standard InChI is InChI=1S/C26H25NO2/c1-3-8-20-12-13-26(29-18-21-10-5-4-6-11-21)23(15-20)22-16-24-19(2)9-7-14-27(24)25(22)17-28/h4-7,9-17H,3,8,18H2,1-2H3. The maximum absolute atomic E-state index is 12.0. The molecule has 3 heteroatoms. The van der Waals surface area contributed by atoms with Gasteiger partial charge in [0.05, 0.1) is 5.69 Å². The predicted molar refractivity (Wildman–Crippen MR) is 118 cm³/mol. The van der Waals surface area contributed by atoms with Crippen LogP contribution in [-0.4, -0.2) is 10.7 Å². The van der Waals surface area contributed by atoms with Crippen molar-refractivity contribution < 1.29 is 9.53 Å². The summed E-state index contributed by atoms with van der Waals surface area (Å²) in [5.74, 6) is 0.797. The van der Waals surface area contributed by atoms with E-state index in [1.54, 1.807) is 0 Å². The van der Waals surface area contributed by atoms with Crippen LogP contribution in [0.1, 0.15) is 40.5 Å². The van der Waals surface area contributed by atoms with Gasteiger partial charge >= 0.3 is 0 Å². The van der Waals surface area contributed by atoms with Crippen LogP contribution in [-0.2, 0) is 13.0 Å². The lowest BCUT2D eigenvalue weighted by molar-refractivity contribution is 0.111. The summed E-state index contributed by atoms with van der Waals surface area (Å²) in [4.78, 5) is 12.0. The Kier molecular flexibility index (Phi) is 5.48. The summed E-state index contributed by atoms with van der Waals surface area (Å²) in [5.41, 5.74) is 7.08. The van der Waals surface area contributed by atoms with E-state index in [1.807, 2.05) is 40.9 Å². The van der Waals surface area contributed by atoms with Gasteiger partial charge in [0, 0.05) is 22.8 Å². The average molecular weight is 383 g/mol. The number of pyridine rings is 1. The number of nitrogens with zero attached hydrogens (tertiary/aromatic N) is 1. The maximum atomic E-state index is 12.0. The Morgan fingerprint density at radius 1 is 0.931 bits per heavy atom. The zero-order valence-corrected chi connectivity index (χ0v) is 16.9. The van der Waals surface area contributed by atoms with Gasteiger partial charge in [-0.25, -0.2) is 0 Å². The van der Waals surface area contributed by atoms with Gasteiger partial charge in [-0.05, 0) is 54.3 Å². The molecular weight excluding hydrogens is 358 g/mol. The van der Waals surface area contributed by atoms with Crippen molar-refractivity contribution in [2.24, 2.45) is 0 Å². The summed E-state index contributed by atoms with van der Waals surface area (Å²) in [6.45, 7) is 4.73. The molecule has 0 aliphatic heterocycles. The van der Waals surface area contributed by atoms with E-state index in [-0.39, 0.29) is 0 Å². The van der Waals surface area contributed by atoms with Gasteiger partial charge in [-0.2, -0.15) is 0 Å². The molecule has 0 N–H and O–H groups in total. The second-order valence-electron chi connectivity index (χ2n) is 7.36. The van der Waals surface area contributed by atoms with Gasteiger partial charge in [0.25, 0.3) is 0 Å². The molecule has 0 unspecified atom stereocenters. The highest BCUT2D eigenvalue weighted by atomic mass is 16.5. The third kappa shape index (κ3) is 3.81. The molecule has 0 fully saturated rings. The summed E-state index contributed by atoms with van der Waals surface area (Å²) < 4.78 is 8.17. The first-order valence-electron chi connectivity index (χ1n) is 10.1. The number of hydrogen-bond donors (Lipinski definition) is 0. The van der Waals surface area contributed by atoms with E-state index in [0.29, 0.717) is 12.3 Å². The molecule has 0 spiro atoms. The maximum Gasteiger partial charge on any atom is 0.167 e. The van der Waals surface area contributed by atoms with Crippen LogP contribution in [0.25, 0.3) is 16.6 Å². The third-order valence-corrected chi connectivity index (χ3v) is 5.28. The molecule has 0 saturated carbocycles. The Labute approximate surface area is 171 Å². The summed E-state index contributed by atoms with van der Waals surface area (Å²) in [5, 5.41) is 0. The first kappa shape index (κ1) is 19.0. The number of aryl methyl sites for hydroxylation is 2. The molecule has 2 heterocycles. The molecule has 4 aromatic rings. The van der Waals surface area contributed by atoms with Gasteiger partial charge in [0.2, 0.25) is 0 Å². The van der Waals surface area contributed by atoms with Gasteiger partial charge < -0.3 is 9.14 Å². The number of aromatic nitrogens is 1. The van der Waals surface area contributed by atoms with E-state index < -0.39 is 0 Å². The highest BCUT2D eigenvalue weighted by Gasteiger charge is 2.17. The van der Waals surface area contributed by atoms with Crippen molar-refractivity contribution in [2.45, 2.75) is 33.3 Å². The number of aldehydes is 1. The van der Waals surface area contributed by atoms with E-state index in [9.17, 15) is 4.79 Å². The fourth-order valence-corrected chi connectivity index (χ4v) is 3.79. The number of fused-ring (bicyclic) bond motifs is 1. The summed E-state index contributed by atoms with van der Waals surface area (Å²) >= 11 is 0. The van der Waals surface area contributed by atoms with Crippen LogP contribution in [0.5, 0.6) is 5.75 Å². The Morgan fingerprint density at radius 2 is 1.76 bits per heavy atom. The Morgan fingerprint density at radius 3 is 2.52 bits per heavy atom. The van der Waals surface area contributed by atoms with E-state index in [0.717, 1.165) is 52.6 Å². The number of carbonyl (C=O) groups is 1. The molecule has 0 radical (unpaired) electrons. The van der Waals surface area contributed by atoms with Gasteiger partial charge in [-0.3, -0.25) is 4.79 Å². The molecule has 146 valence electrons. The number of carbonyl (C=O) groups excluding carboxylic acids is 1. The zero-order chi connectivity index (χ0) is 20.2. The fourth-order valence-electron chi connectivity index (χ4n) is 3.79. The van der Waals surface area contributed by atoms with Gasteiger partial charge in [-0.15, -0.1) is 0 Å². The minimum atomic E-state index is 0.490. The van der Waals surface area contributed by atoms with Crippen molar-refractivity contribution in [3.8, 4) is 16.9 Å². The topological polar surface area (TPSA) is 30.7 Å². The van der Waals surface area contributed by atoms with Crippen molar-refractivity contribution in [3.63, 3.8) is 0 Å². The molecule has 0 bridgehead atoms. The SMILES string of the molecule is CCCc1ccc(OCc2ccccc2)c(-c2cc3c(C)cccn3c2C=O)c1. The number of ether oxygens (including phenoxy) is 1. The molecule has 0 saturated heterocycles. The average Bonchev–Trinajstić information content (AvgIpc) is 3.13. The molecule has 2 aromatic carbocycles. The van der Waals surface area contributed by atoms with Crippen LogP contribution in [0.2, 0.25) is 0 Å². The lowest BCUT2D eigenvalue weighted by atomic mass is 10.00. The van der Waals surface area contributed by atoms with E-state index in [4.69, 9.17) is 4.74 Å². The number of rotatable bonds is 7. The molecule has 2 aromatic heterocycles. The van der Waals surface area contributed by atoms with Crippen LogP contribution < -0.4 is 4.74 Å². The highest BCUT2D eigenvalue weighted by molar-refractivity contribution is 5.92. The van der Waals surface area contributed by atoms with Gasteiger partial charge in [0.1, 0.15) is 12.4 Å². The lowest BCUT2D eigenvalue weighted by Gasteiger charge is -2.13. The Hall–Kier alpha value is -3.33. The molecular formula is C26H25NO2. The summed E-state index contributed by atoms with van der Waals surface area (Å²) in [7, 11) is 0. The normalized spacial score (nSPS) is 11.0. The minimum absolute atomic E-state index is 0.490. The van der Waals surface area contributed by atoms with Gasteiger partial charge in [-0.1, -0.05) is 55.8 Å². The van der Waals surface area contributed by atoms with E-state index >= 15 is 0 Å². The van der Waals surface area contributed by atoms with Crippen LogP contribution in [0.4, 0.5) is 0 Å². The van der Waals surface area contributed by atoms with Crippen LogP contribution >= 0.6 is 0 Å².